The molecule has 8 heteroatoms. The molecule has 1 aliphatic carbocycles. The minimum absolute atomic E-state index is 0.279. The lowest BCUT2D eigenvalue weighted by Gasteiger charge is -2.27. The third-order valence-electron chi connectivity index (χ3n) is 5.89. The molecule has 3 heterocycles. The smallest absolute Gasteiger partial charge is 0.410 e. The highest BCUT2D eigenvalue weighted by Crippen LogP contribution is 2.28. The predicted molar refractivity (Wildman–Crippen MR) is 119 cm³/mol. The topological polar surface area (TPSA) is 85.2 Å². The molecule has 31 heavy (non-hydrogen) atoms. The third kappa shape index (κ3) is 5.13. The van der Waals surface area contributed by atoms with E-state index in [-0.39, 0.29) is 6.09 Å². The lowest BCUT2D eigenvalue weighted by Crippen LogP contribution is -2.37. The molecule has 2 aromatic rings. The summed E-state index contributed by atoms with van der Waals surface area (Å²) in [4.78, 5) is 27.5. The zero-order valence-corrected chi connectivity index (χ0v) is 18.3. The largest absolute Gasteiger partial charge is 0.449 e. The Labute approximate surface area is 183 Å². The molecule has 2 aliphatic rings. The monoisotopic (exact) mass is 422 g/mol. The molecule has 0 fully saturated rings. The zero-order valence-electron chi connectivity index (χ0n) is 18.3. The average molecular weight is 423 g/mol. The van der Waals surface area contributed by atoms with Gasteiger partial charge in [0.1, 0.15) is 0 Å². The molecule has 0 aromatic carbocycles. The normalized spacial score (nSPS) is 18.1. The molecule has 4 rings (SSSR count). The van der Waals surface area contributed by atoms with Crippen LogP contribution in [0, 0.1) is 6.92 Å². The van der Waals surface area contributed by atoms with Gasteiger partial charge in [0, 0.05) is 43.5 Å². The van der Waals surface area contributed by atoms with Crippen molar-refractivity contribution in [1.82, 2.24) is 24.4 Å². The highest BCUT2D eigenvalue weighted by Gasteiger charge is 2.25. The van der Waals surface area contributed by atoms with Crippen LogP contribution < -0.4 is 5.32 Å². The van der Waals surface area contributed by atoms with Gasteiger partial charge >= 0.3 is 6.09 Å². The number of aromatic nitrogens is 4. The maximum Gasteiger partial charge on any atom is 0.410 e. The van der Waals surface area contributed by atoms with Gasteiger partial charge in [0.15, 0.2) is 0 Å². The Balaban J connectivity index is 1.25. The number of imidazole rings is 1. The molecule has 0 saturated carbocycles. The van der Waals surface area contributed by atoms with Crippen LogP contribution in [0.5, 0.6) is 0 Å². The van der Waals surface area contributed by atoms with Gasteiger partial charge in [-0.25, -0.2) is 19.7 Å². The van der Waals surface area contributed by atoms with E-state index in [0.717, 1.165) is 42.8 Å². The number of carbonyl (C=O) groups is 1. The number of nitrogens with one attached hydrogen (secondary N) is 1. The second-order valence-corrected chi connectivity index (χ2v) is 8.32. The van der Waals surface area contributed by atoms with Crippen LogP contribution in [0.1, 0.15) is 43.1 Å². The van der Waals surface area contributed by atoms with Crippen LogP contribution in [-0.4, -0.2) is 49.7 Å². The van der Waals surface area contributed by atoms with Crippen LogP contribution in [0.25, 0.3) is 0 Å². The number of carbonyl (C=O) groups excluding carboxylic acids is 1. The average Bonchev–Trinajstić information content (AvgIpc) is 3.34. The van der Waals surface area contributed by atoms with Gasteiger partial charge in [-0.2, -0.15) is 0 Å². The maximum atomic E-state index is 12.4. The summed E-state index contributed by atoms with van der Waals surface area (Å²) in [5.74, 6) is 0.660. The Morgan fingerprint density at radius 2 is 2.23 bits per heavy atom. The highest BCUT2D eigenvalue weighted by molar-refractivity contribution is 5.68. The molecule has 164 valence electrons. The molecule has 2 aromatic heterocycles. The minimum Gasteiger partial charge on any atom is -0.449 e. The minimum atomic E-state index is -0.279. The molecule has 1 atom stereocenters. The maximum absolute atomic E-state index is 12.4. The Kier molecular flexibility index (Phi) is 6.34. The second kappa shape index (κ2) is 9.32. The number of hydrogen-bond donors (Lipinski definition) is 1. The molecule has 1 unspecified atom stereocenters. The zero-order chi connectivity index (χ0) is 21.8. The van der Waals surface area contributed by atoms with E-state index in [2.05, 4.69) is 28.8 Å². The molecular formula is C23H30N6O2. The number of aryl methyl sites for hydroxylation is 2. The Morgan fingerprint density at radius 1 is 1.35 bits per heavy atom. The first-order valence-electron chi connectivity index (χ1n) is 10.8. The highest BCUT2D eigenvalue weighted by atomic mass is 16.6. The van der Waals surface area contributed by atoms with Crippen molar-refractivity contribution in [3.05, 3.63) is 59.5 Å². The van der Waals surface area contributed by atoms with E-state index in [4.69, 9.17) is 9.72 Å². The number of hydrogen-bond acceptors (Lipinski definition) is 6. The van der Waals surface area contributed by atoms with Gasteiger partial charge in [-0.1, -0.05) is 18.2 Å². The standard InChI is InChI=1S/C23H30N6O2/c1-4-18-11-20(10-16(18)2)26-22-24-12-19-14-29(8-6-21(19)27-22)23(30)31-9-5-7-28-13-17(3)25-15-28/h4,12-13,15,20H,1,5-11,14H2,2-3H3,(H,24,26,27). The molecule has 0 saturated heterocycles. The summed E-state index contributed by atoms with van der Waals surface area (Å²) in [7, 11) is 0. The first-order valence-corrected chi connectivity index (χ1v) is 10.8. The van der Waals surface area contributed by atoms with Crippen molar-refractivity contribution in [2.75, 3.05) is 18.5 Å². The summed E-state index contributed by atoms with van der Waals surface area (Å²) in [6.45, 7) is 10.3. The van der Waals surface area contributed by atoms with Crippen molar-refractivity contribution in [2.24, 2.45) is 0 Å². The van der Waals surface area contributed by atoms with E-state index in [1.54, 1.807) is 11.2 Å². The summed E-state index contributed by atoms with van der Waals surface area (Å²) in [5.41, 5.74) is 5.66. The molecular weight excluding hydrogens is 392 g/mol. The lowest BCUT2D eigenvalue weighted by atomic mass is 10.1. The molecule has 1 amide bonds. The van der Waals surface area contributed by atoms with E-state index < -0.39 is 0 Å². The van der Waals surface area contributed by atoms with Crippen molar-refractivity contribution in [3.63, 3.8) is 0 Å². The number of amides is 1. The van der Waals surface area contributed by atoms with Crippen LogP contribution in [0.4, 0.5) is 10.7 Å². The summed E-state index contributed by atoms with van der Waals surface area (Å²) in [6.07, 6.45) is 10.7. The fourth-order valence-electron chi connectivity index (χ4n) is 4.19. The summed E-state index contributed by atoms with van der Waals surface area (Å²) < 4.78 is 7.46. The summed E-state index contributed by atoms with van der Waals surface area (Å²) in [5, 5.41) is 3.45. The molecule has 0 spiro atoms. The molecule has 0 bridgehead atoms. The molecule has 8 nitrogen and oxygen atoms in total. The van der Waals surface area contributed by atoms with E-state index in [1.807, 2.05) is 30.0 Å². The Hall–Kier alpha value is -3.16. The number of nitrogens with zero attached hydrogens (tertiary/aromatic N) is 5. The van der Waals surface area contributed by atoms with Crippen molar-refractivity contribution >= 4 is 12.0 Å². The number of anilines is 1. The molecule has 1 aliphatic heterocycles. The van der Waals surface area contributed by atoms with Gasteiger partial charge in [0.2, 0.25) is 5.95 Å². The summed E-state index contributed by atoms with van der Waals surface area (Å²) >= 11 is 0. The van der Waals surface area contributed by atoms with E-state index in [9.17, 15) is 4.79 Å². The predicted octanol–water partition coefficient (Wildman–Crippen LogP) is 3.64. The van der Waals surface area contributed by atoms with E-state index in [1.165, 1.54) is 11.1 Å². The molecule has 0 radical (unpaired) electrons. The van der Waals surface area contributed by atoms with Crippen molar-refractivity contribution in [2.45, 2.75) is 58.7 Å². The van der Waals surface area contributed by atoms with E-state index in [0.29, 0.717) is 38.1 Å². The lowest BCUT2D eigenvalue weighted by molar-refractivity contribution is 0.0954. The first-order chi connectivity index (χ1) is 15.0. The molecule has 1 N–H and O–H groups in total. The fraction of sp³-hybridized carbons (Fsp3) is 0.478. The number of fused-ring (bicyclic) bond motifs is 1. The second-order valence-electron chi connectivity index (χ2n) is 8.32. The van der Waals surface area contributed by atoms with Crippen LogP contribution in [0.2, 0.25) is 0 Å². The van der Waals surface area contributed by atoms with E-state index >= 15 is 0 Å². The van der Waals surface area contributed by atoms with Gasteiger partial charge in [-0.05, 0) is 38.7 Å². The third-order valence-corrected chi connectivity index (χ3v) is 5.89. The fourth-order valence-corrected chi connectivity index (χ4v) is 4.19. The van der Waals surface area contributed by atoms with Crippen molar-refractivity contribution in [3.8, 4) is 0 Å². The van der Waals surface area contributed by atoms with Gasteiger partial charge < -0.3 is 19.5 Å². The van der Waals surface area contributed by atoms with Crippen molar-refractivity contribution < 1.29 is 9.53 Å². The summed E-state index contributed by atoms with van der Waals surface area (Å²) in [6, 6.07) is 0.312. The van der Waals surface area contributed by atoms with Crippen LogP contribution in [0.15, 0.2) is 42.5 Å². The van der Waals surface area contributed by atoms with Gasteiger partial charge in [-0.15, -0.1) is 0 Å². The quantitative estimate of drug-likeness (QED) is 0.686. The number of rotatable bonds is 7. The van der Waals surface area contributed by atoms with Crippen LogP contribution in [0.3, 0.4) is 0 Å². The van der Waals surface area contributed by atoms with Gasteiger partial charge in [0.25, 0.3) is 0 Å². The Bertz CT molecular complexity index is 996. The Morgan fingerprint density at radius 3 is 2.97 bits per heavy atom. The van der Waals surface area contributed by atoms with Gasteiger partial charge in [0.05, 0.1) is 30.9 Å². The van der Waals surface area contributed by atoms with Crippen LogP contribution >= 0.6 is 0 Å². The SMILES string of the molecule is C=CC1=C(C)CC(Nc2ncc3c(n2)CCN(C(=O)OCCCn2cnc(C)c2)C3)C1. The number of ether oxygens (including phenoxy) is 1. The number of allylic oxidation sites excluding steroid dienone is 1. The first kappa shape index (κ1) is 21.1. The van der Waals surface area contributed by atoms with Gasteiger partial charge in [-0.3, -0.25) is 0 Å². The van der Waals surface area contributed by atoms with Crippen LogP contribution in [-0.2, 0) is 24.2 Å². The van der Waals surface area contributed by atoms with Crippen molar-refractivity contribution in [1.29, 1.82) is 0 Å².